The van der Waals surface area contributed by atoms with Crippen LogP contribution in [0.1, 0.15) is 29.0 Å². The van der Waals surface area contributed by atoms with Crippen LogP contribution in [0, 0.1) is 0 Å². The van der Waals surface area contributed by atoms with Crippen LogP contribution < -0.4 is 5.32 Å². The topological polar surface area (TPSA) is 62.6 Å². The summed E-state index contributed by atoms with van der Waals surface area (Å²) in [6.45, 7) is 0.891. The van der Waals surface area contributed by atoms with Gasteiger partial charge in [0.1, 0.15) is 0 Å². The highest BCUT2D eigenvalue weighted by Gasteiger charge is 2.12. The Kier molecular flexibility index (Phi) is 6.23. The van der Waals surface area contributed by atoms with Crippen molar-refractivity contribution >= 4 is 23.4 Å². The molecule has 5 nitrogen and oxygen atoms in total. The summed E-state index contributed by atoms with van der Waals surface area (Å²) in [6, 6.07) is 10.7. The lowest BCUT2D eigenvalue weighted by molar-refractivity contribution is -0.130. The van der Waals surface area contributed by atoms with Gasteiger partial charge in [-0.05, 0) is 30.2 Å². The highest BCUT2D eigenvalue weighted by molar-refractivity contribution is 6.31. The van der Waals surface area contributed by atoms with E-state index in [4.69, 9.17) is 16.0 Å². The summed E-state index contributed by atoms with van der Waals surface area (Å²) in [5.74, 6) is 0.0104. The van der Waals surface area contributed by atoms with Crippen molar-refractivity contribution in [1.82, 2.24) is 10.2 Å². The smallest absolute Gasteiger partial charge is 0.286 e. The number of nitrogens with zero attached hydrogens (tertiary/aromatic N) is 1. The molecule has 1 aromatic heterocycles. The van der Waals surface area contributed by atoms with Gasteiger partial charge >= 0.3 is 0 Å². The first-order valence-corrected chi connectivity index (χ1v) is 7.75. The van der Waals surface area contributed by atoms with Crippen molar-refractivity contribution in [3.05, 3.63) is 59.0 Å². The summed E-state index contributed by atoms with van der Waals surface area (Å²) in [5.41, 5.74) is 0.913. The van der Waals surface area contributed by atoms with Gasteiger partial charge in [-0.25, -0.2) is 0 Å². The zero-order chi connectivity index (χ0) is 16.7. The number of nitrogens with one attached hydrogen (secondary N) is 1. The van der Waals surface area contributed by atoms with Crippen LogP contribution in [-0.4, -0.2) is 30.3 Å². The lowest BCUT2D eigenvalue weighted by Gasteiger charge is -2.18. The molecule has 1 heterocycles. The average Bonchev–Trinajstić information content (AvgIpc) is 3.07. The Hall–Kier alpha value is -2.27. The Morgan fingerprint density at radius 1 is 1.22 bits per heavy atom. The maximum Gasteiger partial charge on any atom is 0.286 e. The van der Waals surface area contributed by atoms with Gasteiger partial charge in [0.25, 0.3) is 5.91 Å². The van der Waals surface area contributed by atoms with Gasteiger partial charge in [0.05, 0.1) is 6.26 Å². The molecule has 0 unspecified atom stereocenters. The third-order valence-electron chi connectivity index (χ3n) is 3.39. The molecule has 6 heteroatoms. The quantitative estimate of drug-likeness (QED) is 0.791. The van der Waals surface area contributed by atoms with E-state index in [0.717, 1.165) is 5.56 Å². The van der Waals surface area contributed by atoms with Crippen molar-refractivity contribution < 1.29 is 14.0 Å². The number of benzene rings is 1. The van der Waals surface area contributed by atoms with Crippen LogP contribution in [0.2, 0.25) is 5.02 Å². The summed E-state index contributed by atoms with van der Waals surface area (Å²) in [5, 5.41) is 3.36. The van der Waals surface area contributed by atoms with E-state index in [2.05, 4.69) is 5.32 Å². The number of carbonyl (C=O) groups is 2. The number of rotatable bonds is 7. The van der Waals surface area contributed by atoms with E-state index in [0.29, 0.717) is 31.0 Å². The molecule has 0 aliphatic carbocycles. The van der Waals surface area contributed by atoms with Gasteiger partial charge in [-0.3, -0.25) is 9.59 Å². The van der Waals surface area contributed by atoms with E-state index in [1.54, 1.807) is 30.1 Å². The maximum atomic E-state index is 12.1. The first-order chi connectivity index (χ1) is 11.1. The van der Waals surface area contributed by atoms with E-state index in [-0.39, 0.29) is 17.6 Å². The van der Waals surface area contributed by atoms with E-state index >= 15 is 0 Å². The van der Waals surface area contributed by atoms with Crippen LogP contribution in [-0.2, 0) is 11.3 Å². The number of halogens is 1. The Morgan fingerprint density at radius 3 is 2.70 bits per heavy atom. The minimum Gasteiger partial charge on any atom is -0.459 e. The minimum atomic E-state index is -0.271. The molecule has 0 atom stereocenters. The summed E-state index contributed by atoms with van der Waals surface area (Å²) >= 11 is 6.09. The zero-order valence-corrected chi connectivity index (χ0v) is 13.7. The van der Waals surface area contributed by atoms with Crippen molar-refractivity contribution in [2.45, 2.75) is 19.4 Å². The molecular weight excluding hydrogens is 316 g/mol. The fourth-order valence-corrected chi connectivity index (χ4v) is 2.29. The van der Waals surface area contributed by atoms with Gasteiger partial charge < -0.3 is 14.6 Å². The van der Waals surface area contributed by atoms with Crippen LogP contribution in [0.15, 0.2) is 47.1 Å². The van der Waals surface area contributed by atoms with Crippen LogP contribution in [0.4, 0.5) is 0 Å². The first kappa shape index (κ1) is 17.1. The van der Waals surface area contributed by atoms with Crippen LogP contribution in [0.3, 0.4) is 0 Å². The van der Waals surface area contributed by atoms with Crippen LogP contribution in [0.5, 0.6) is 0 Å². The average molecular weight is 335 g/mol. The fourth-order valence-electron chi connectivity index (χ4n) is 2.10. The number of amides is 2. The summed E-state index contributed by atoms with van der Waals surface area (Å²) in [6.07, 6.45) is 2.37. The predicted octanol–water partition coefficient (Wildman–Crippen LogP) is 3.10. The minimum absolute atomic E-state index is 0.0113. The highest BCUT2D eigenvalue weighted by atomic mass is 35.5. The summed E-state index contributed by atoms with van der Waals surface area (Å²) < 4.78 is 4.99. The van der Waals surface area contributed by atoms with Gasteiger partial charge in [-0.1, -0.05) is 29.8 Å². The van der Waals surface area contributed by atoms with E-state index in [9.17, 15) is 9.59 Å². The van der Waals surface area contributed by atoms with Crippen molar-refractivity contribution in [1.29, 1.82) is 0 Å². The van der Waals surface area contributed by atoms with E-state index in [1.165, 1.54) is 6.26 Å². The molecule has 1 aromatic carbocycles. The molecule has 2 amide bonds. The molecule has 0 aliphatic heterocycles. The van der Waals surface area contributed by atoms with Crippen molar-refractivity contribution in [3.63, 3.8) is 0 Å². The molecule has 122 valence electrons. The van der Waals surface area contributed by atoms with Gasteiger partial charge in [-0.2, -0.15) is 0 Å². The lowest BCUT2D eigenvalue weighted by Crippen LogP contribution is -2.28. The Morgan fingerprint density at radius 2 is 2.00 bits per heavy atom. The second-order valence-corrected chi connectivity index (χ2v) is 5.59. The molecule has 0 bridgehead atoms. The van der Waals surface area contributed by atoms with Gasteiger partial charge in [0.2, 0.25) is 5.91 Å². The van der Waals surface area contributed by atoms with Crippen molar-refractivity contribution in [2.75, 3.05) is 13.6 Å². The fraction of sp³-hybridized carbons (Fsp3) is 0.294. The molecule has 0 aliphatic rings. The van der Waals surface area contributed by atoms with Crippen molar-refractivity contribution in [2.24, 2.45) is 0 Å². The third kappa shape index (κ3) is 5.14. The Bertz CT molecular complexity index is 656. The molecule has 1 N–H and O–H groups in total. The number of carbonyl (C=O) groups excluding carboxylic acids is 2. The second-order valence-electron chi connectivity index (χ2n) is 5.18. The van der Waals surface area contributed by atoms with Gasteiger partial charge in [-0.15, -0.1) is 0 Å². The van der Waals surface area contributed by atoms with Crippen LogP contribution in [0.25, 0.3) is 0 Å². The monoisotopic (exact) mass is 334 g/mol. The molecule has 0 saturated carbocycles. The molecule has 0 radical (unpaired) electrons. The second kappa shape index (κ2) is 8.39. The normalized spacial score (nSPS) is 10.3. The number of hydrogen-bond acceptors (Lipinski definition) is 3. The van der Waals surface area contributed by atoms with Gasteiger partial charge in [0, 0.05) is 31.6 Å². The SMILES string of the molecule is CN(Cc1ccccc1Cl)C(=O)CCCNC(=O)c1ccco1. The number of hydrogen-bond donors (Lipinski definition) is 1. The molecule has 2 aromatic rings. The van der Waals surface area contributed by atoms with E-state index < -0.39 is 0 Å². The van der Waals surface area contributed by atoms with Gasteiger partial charge in [0.15, 0.2) is 5.76 Å². The maximum absolute atomic E-state index is 12.1. The first-order valence-electron chi connectivity index (χ1n) is 7.37. The predicted molar refractivity (Wildman–Crippen MR) is 88.2 cm³/mol. The summed E-state index contributed by atoms with van der Waals surface area (Å²) in [7, 11) is 1.74. The van der Waals surface area contributed by atoms with Crippen molar-refractivity contribution in [3.8, 4) is 0 Å². The van der Waals surface area contributed by atoms with E-state index in [1.807, 2.05) is 18.2 Å². The molecule has 23 heavy (non-hydrogen) atoms. The third-order valence-corrected chi connectivity index (χ3v) is 3.76. The largest absolute Gasteiger partial charge is 0.459 e. The molecule has 0 fully saturated rings. The molecule has 0 spiro atoms. The Labute approximate surface area is 140 Å². The molecule has 0 saturated heterocycles. The number of furan rings is 1. The Balaban J connectivity index is 1.70. The standard InChI is InChI=1S/C17H19ClN2O3/c1-20(12-13-6-2-3-7-14(13)18)16(21)9-4-10-19-17(22)15-8-5-11-23-15/h2-3,5-8,11H,4,9-10,12H2,1H3,(H,19,22). The molecular formula is C17H19ClN2O3. The zero-order valence-electron chi connectivity index (χ0n) is 12.9. The summed E-state index contributed by atoms with van der Waals surface area (Å²) in [4.78, 5) is 25.4. The highest BCUT2D eigenvalue weighted by Crippen LogP contribution is 2.16. The lowest BCUT2D eigenvalue weighted by atomic mass is 10.2. The van der Waals surface area contributed by atoms with Crippen LogP contribution >= 0.6 is 11.6 Å². The molecule has 2 rings (SSSR count).